The Morgan fingerprint density at radius 1 is 1.11 bits per heavy atom. The van der Waals surface area contributed by atoms with Crippen molar-refractivity contribution in [1.29, 1.82) is 0 Å². The predicted molar refractivity (Wildman–Crippen MR) is 141 cm³/mol. The average molecular weight is 474 g/mol. The average Bonchev–Trinajstić information content (AvgIpc) is 2.76. The van der Waals surface area contributed by atoms with Crippen molar-refractivity contribution in [2.24, 2.45) is 0 Å². The molecule has 0 radical (unpaired) electrons. The van der Waals surface area contributed by atoms with Crippen LogP contribution in [0.2, 0.25) is 0 Å². The summed E-state index contributed by atoms with van der Waals surface area (Å²) in [4.78, 5) is 42.2. The topological polar surface area (TPSA) is 69.7 Å². The molecule has 0 aliphatic carbocycles. The van der Waals surface area contributed by atoms with Gasteiger partial charge in [0.1, 0.15) is 5.57 Å². The number of imide groups is 2. The molecule has 35 heavy (non-hydrogen) atoms. The highest BCUT2D eigenvalue weighted by molar-refractivity contribution is 6.39. The maximum absolute atomic E-state index is 13.4. The third kappa shape index (κ3) is 4.38. The maximum Gasteiger partial charge on any atom is 0.335 e. The minimum absolute atomic E-state index is 0.0282. The monoisotopic (exact) mass is 473 g/mol. The molecule has 0 spiro atoms. The lowest BCUT2D eigenvalue weighted by Gasteiger charge is -2.50. The van der Waals surface area contributed by atoms with Crippen LogP contribution in [0.5, 0.6) is 0 Å². The zero-order valence-electron chi connectivity index (χ0n) is 21.7. The van der Waals surface area contributed by atoms with Crippen LogP contribution in [-0.4, -0.2) is 29.4 Å². The minimum Gasteiger partial charge on any atom is -0.364 e. The fraction of sp³-hybridized carbons (Fsp3) is 0.414. The van der Waals surface area contributed by atoms with Crippen molar-refractivity contribution >= 4 is 35.3 Å². The van der Waals surface area contributed by atoms with E-state index in [1.165, 1.54) is 11.3 Å². The standard InChI is InChI=1S/C29H35N3O3/c1-8-20-9-11-22(12-10-20)31-27(34)24(26(33)30-28(31)35)15-21-14-23-19(5)16-29(6,7)32(17(2)3)25(23)13-18(21)4/h9-15,17,19H,8,16H2,1-7H3,(H,30,33,35)/b24-15+. The van der Waals surface area contributed by atoms with Gasteiger partial charge in [0.05, 0.1) is 5.69 Å². The Morgan fingerprint density at radius 2 is 1.77 bits per heavy atom. The van der Waals surface area contributed by atoms with Gasteiger partial charge in [0.2, 0.25) is 0 Å². The summed E-state index contributed by atoms with van der Waals surface area (Å²) in [7, 11) is 0. The van der Waals surface area contributed by atoms with E-state index in [1.807, 2.05) is 26.0 Å². The second-order valence-electron chi connectivity index (χ2n) is 10.6. The van der Waals surface area contributed by atoms with Crippen molar-refractivity contribution in [2.75, 3.05) is 9.80 Å². The number of benzene rings is 2. The molecule has 1 N–H and O–H groups in total. The third-order valence-electron chi connectivity index (χ3n) is 7.18. The van der Waals surface area contributed by atoms with Gasteiger partial charge in [-0.15, -0.1) is 0 Å². The summed E-state index contributed by atoms with van der Waals surface area (Å²) in [5, 5.41) is 2.33. The Morgan fingerprint density at radius 3 is 2.37 bits per heavy atom. The Bertz CT molecular complexity index is 1220. The molecule has 1 fully saturated rings. The summed E-state index contributed by atoms with van der Waals surface area (Å²) in [6.07, 6.45) is 3.48. The van der Waals surface area contributed by atoms with Crippen molar-refractivity contribution in [3.05, 3.63) is 64.2 Å². The second kappa shape index (κ2) is 8.99. The smallest absolute Gasteiger partial charge is 0.335 e. The molecule has 1 atom stereocenters. The van der Waals surface area contributed by atoms with Crippen LogP contribution in [0, 0.1) is 6.92 Å². The number of hydrogen-bond acceptors (Lipinski definition) is 4. The molecule has 0 bridgehead atoms. The van der Waals surface area contributed by atoms with Gasteiger partial charge < -0.3 is 4.90 Å². The van der Waals surface area contributed by atoms with Crippen molar-refractivity contribution in [3.63, 3.8) is 0 Å². The van der Waals surface area contributed by atoms with E-state index in [-0.39, 0.29) is 11.1 Å². The number of amides is 4. The largest absolute Gasteiger partial charge is 0.364 e. The van der Waals surface area contributed by atoms with Gasteiger partial charge in [-0.3, -0.25) is 14.9 Å². The van der Waals surface area contributed by atoms with Gasteiger partial charge in [-0.1, -0.05) is 26.0 Å². The van der Waals surface area contributed by atoms with Crippen LogP contribution in [0.15, 0.2) is 42.0 Å². The maximum atomic E-state index is 13.4. The molecular formula is C29H35N3O3. The predicted octanol–water partition coefficient (Wildman–Crippen LogP) is 5.72. The number of rotatable bonds is 4. The molecule has 1 saturated heterocycles. The van der Waals surface area contributed by atoms with Gasteiger partial charge >= 0.3 is 6.03 Å². The van der Waals surface area contributed by atoms with Crippen LogP contribution >= 0.6 is 0 Å². The van der Waals surface area contributed by atoms with Crippen molar-refractivity contribution in [1.82, 2.24) is 5.32 Å². The number of hydrogen-bond donors (Lipinski definition) is 1. The number of urea groups is 1. The number of aryl methyl sites for hydroxylation is 2. The van der Waals surface area contributed by atoms with Gasteiger partial charge in [0, 0.05) is 17.3 Å². The number of carbonyl (C=O) groups excluding carboxylic acids is 3. The molecule has 2 aromatic carbocycles. The lowest BCUT2D eigenvalue weighted by Crippen LogP contribution is -2.54. The summed E-state index contributed by atoms with van der Waals surface area (Å²) >= 11 is 0. The number of fused-ring (bicyclic) bond motifs is 1. The van der Waals surface area contributed by atoms with Crippen LogP contribution in [0.4, 0.5) is 16.2 Å². The second-order valence-corrected chi connectivity index (χ2v) is 10.6. The molecule has 2 heterocycles. The first-order valence-electron chi connectivity index (χ1n) is 12.4. The summed E-state index contributed by atoms with van der Waals surface area (Å²) in [5.74, 6) is -0.951. The van der Waals surface area contributed by atoms with Crippen LogP contribution in [0.25, 0.3) is 6.08 Å². The van der Waals surface area contributed by atoms with E-state index in [9.17, 15) is 14.4 Å². The molecule has 4 rings (SSSR count). The Hall–Kier alpha value is -3.41. The lowest BCUT2D eigenvalue weighted by molar-refractivity contribution is -0.122. The Labute approximate surface area is 208 Å². The van der Waals surface area contributed by atoms with E-state index in [1.54, 1.807) is 18.2 Å². The van der Waals surface area contributed by atoms with Crippen LogP contribution in [0.3, 0.4) is 0 Å². The van der Waals surface area contributed by atoms with E-state index in [0.29, 0.717) is 17.6 Å². The zero-order valence-corrected chi connectivity index (χ0v) is 21.7. The zero-order chi connectivity index (χ0) is 25.7. The highest BCUT2D eigenvalue weighted by Crippen LogP contribution is 2.45. The molecule has 4 amide bonds. The van der Waals surface area contributed by atoms with Gasteiger partial charge in [0.15, 0.2) is 0 Å². The van der Waals surface area contributed by atoms with E-state index in [0.717, 1.165) is 34.4 Å². The lowest BCUT2D eigenvalue weighted by atomic mass is 9.78. The SMILES string of the molecule is CCc1ccc(N2C(=O)NC(=O)/C(=C\c3cc4c(cc3C)N(C(C)C)C(C)(C)CC4C)C2=O)cc1. The van der Waals surface area contributed by atoms with Crippen LogP contribution < -0.4 is 15.1 Å². The Balaban J connectivity index is 1.77. The van der Waals surface area contributed by atoms with E-state index in [2.05, 4.69) is 57.0 Å². The summed E-state index contributed by atoms with van der Waals surface area (Å²) in [6, 6.07) is 11.1. The molecule has 2 aliphatic rings. The third-order valence-corrected chi connectivity index (χ3v) is 7.18. The number of carbonyl (C=O) groups is 3. The van der Waals surface area contributed by atoms with Gasteiger partial charge in [-0.2, -0.15) is 0 Å². The summed E-state index contributed by atoms with van der Waals surface area (Å²) < 4.78 is 0. The molecular weight excluding hydrogens is 438 g/mol. The first kappa shape index (κ1) is 24.7. The number of anilines is 2. The highest BCUT2D eigenvalue weighted by atomic mass is 16.2. The molecule has 6 nitrogen and oxygen atoms in total. The first-order chi connectivity index (χ1) is 16.4. The van der Waals surface area contributed by atoms with Gasteiger partial charge in [0.25, 0.3) is 11.8 Å². The number of nitrogens with zero attached hydrogens (tertiary/aromatic N) is 2. The number of nitrogens with one attached hydrogen (secondary N) is 1. The molecule has 6 heteroatoms. The van der Waals surface area contributed by atoms with Gasteiger partial charge in [-0.05, 0) is 106 Å². The van der Waals surface area contributed by atoms with Crippen molar-refractivity contribution < 1.29 is 14.4 Å². The summed E-state index contributed by atoms with van der Waals surface area (Å²) in [6.45, 7) is 15.2. The molecule has 2 aliphatic heterocycles. The van der Waals surface area contributed by atoms with E-state index in [4.69, 9.17) is 0 Å². The van der Waals surface area contributed by atoms with Crippen molar-refractivity contribution in [3.8, 4) is 0 Å². The van der Waals surface area contributed by atoms with Crippen LogP contribution in [0.1, 0.15) is 76.1 Å². The van der Waals surface area contributed by atoms with E-state index < -0.39 is 17.8 Å². The molecule has 0 saturated carbocycles. The fourth-order valence-electron chi connectivity index (χ4n) is 5.67. The summed E-state index contributed by atoms with van der Waals surface area (Å²) in [5.41, 5.74) is 5.72. The fourth-order valence-corrected chi connectivity index (χ4v) is 5.67. The molecule has 2 aromatic rings. The quantitative estimate of drug-likeness (QED) is 0.455. The normalized spacial score (nSPS) is 21.0. The van der Waals surface area contributed by atoms with Crippen molar-refractivity contribution in [2.45, 2.75) is 78.8 Å². The molecule has 0 aromatic heterocycles. The molecule has 184 valence electrons. The minimum atomic E-state index is -0.730. The number of barbiturate groups is 1. The molecule has 1 unspecified atom stereocenters. The first-order valence-corrected chi connectivity index (χ1v) is 12.4. The Kier molecular flexibility index (Phi) is 6.34. The van der Waals surface area contributed by atoms with Crippen LogP contribution in [-0.2, 0) is 16.0 Å². The van der Waals surface area contributed by atoms with Gasteiger partial charge in [-0.25, -0.2) is 9.69 Å². The highest BCUT2D eigenvalue weighted by Gasteiger charge is 2.39. The van der Waals surface area contributed by atoms with E-state index >= 15 is 0 Å².